The van der Waals surface area contributed by atoms with Crippen LogP contribution in [0, 0.1) is 24.1 Å². The van der Waals surface area contributed by atoms with Crippen LogP contribution in [-0.2, 0) is 4.79 Å². The van der Waals surface area contributed by atoms with Crippen molar-refractivity contribution in [3.05, 3.63) is 64.6 Å². The summed E-state index contributed by atoms with van der Waals surface area (Å²) in [6.07, 6.45) is 1.26. The Hall–Kier alpha value is -4.26. The van der Waals surface area contributed by atoms with Crippen LogP contribution in [0.5, 0.6) is 5.75 Å². The first-order chi connectivity index (χ1) is 15.3. The van der Waals surface area contributed by atoms with Crippen LogP contribution in [0.3, 0.4) is 0 Å². The van der Waals surface area contributed by atoms with Crippen LogP contribution in [0.15, 0.2) is 41.7 Å². The van der Waals surface area contributed by atoms with Gasteiger partial charge in [0, 0.05) is 31.9 Å². The van der Waals surface area contributed by atoms with E-state index in [1.165, 1.54) is 18.2 Å². The van der Waals surface area contributed by atoms with Gasteiger partial charge in [0.05, 0.1) is 5.39 Å². The minimum Gasteiger partial charge on any atom is -0.506 e. The second-order valence-corrected chi connectivity index (χ2v) is 7.30. The molecule has 1 aromatic carbocycles. The molecule has 0 saturated carbocycles. The number of fused-ring (bicyclic) bond motifs is 1. The fourth-order valence-corrected chi connectivity index (χ4v) is 3.86. The zero-order valence-electron chi connectivity index (χ0n) is 17.2. The molecule has 4 rings (SSSR count). The number of aryl methyl sites for hydroxylation is 1. The normalized spacial score (nSPS) is 13.8. The number of benzene rings is 1. The second-order valence-electron chi connectivity index (χ2n) is 7.30. The van der Waals surface area contributed by atoms with E-state index in [4.69, 9.17) is 0 Å². The Bertz CT molecular complexity index is 1330. The SMILES string of the molecule is C=CC(=O)N1CCN(c2nc(C#N)nc3c(=O)n(-c4c(O)cccc4F)c(C)cc23)CC1. The highest BCUT2D eigenvalue weighted by Crippen LogP contribution is 2.28. The van der Waals surface area contributed by atoms with E-state index in [0.717, 1.165) is 10.6 Å². The molecule has 1 fully saturated rings. The van der Waals surface area contributed by atoms with Crippen molar-refractivity contribution >= 4 is 22.6 Å². The van der Waals surface area contributed by atoms with Gasteiger partial charge in [-0.3, -0.25) is 14.2 Å². The average molecular weight is 434 g/mol. The molecule has 1 aliphatic rings. The fourth-order valence-electron chi connectivity index (χ4n) is 3.86. The van der Waals surface area contributed by atoms with E-state index in [1.54, 1.807) is 17.9 Å². The molecule has 3 heterocycles. The van der Waals surface area contributed by atoms with Crippen molar-refractivity contribution in [1.82, 2.24) is 19.4 Å². The van der Waals surface area contributed by atoms with Crippen LogP contribution in [0.2, 0.25) is 0 Å². The largest absolute Gasteiger partial charge is 0.506 e. The third-order valence-corrected chi connectivity index (χ3v) is 5.39. The van der Waals surface area contributed by atoms with E-state index in [-0.39, 0.29) is 22.9 Å². The maximum Gasteiger partial charge on any atom is 0.282 e. The highest BCUT2D eigenvalue weighted by molar-refractivity contribution is 5.90. The Balaban J connectivity index is 1.89. The van der Waals surface area contributed by atoms with Gasteiger partial charge < -0.3 is 14.9 Å². The molecule has 0 aliphatic carbocycles. The quantitative estimate of drug-likeness (QED) is 0.623. The smallest absolute Gasteiger partial charge is 0.282 e. The summed E-state index contributed by atoms with van der Waals surface area (Å²) in [6, 6.07) is 7.24. The van der Waals surface area contributed by atoms with Crippen molar-refractivity contribution in [2.45, 2.75) is 6.92 Å². The number of nitriles is 1. The van der Waals surface area contributed by atoms with Gasteiger partial charge in [-0.2, -0.15) is 5.26 Å². The van der Waals surface area contributed by atoms with Crippen LogP contribution in [0.1, 0.15) is 11.5 Å². The summed E-state index contributed by atoms with van der Waals surface area (Å²) < 4.78 is 15.5. The fraction of sp³-hybridized carbons (Fsp3) is 0.227. The number of hydrogen-bond acceptors (Lipinski definition) is 7. The van der Waals surface area contributed by atoms with Gasteiger partial charge in [0.15, 0.2) is 5.82 Å². The number of halogens is 1. The van der Waals surface area contributed by atoms with E-state index < -0.39 is 17.1 Å². The number of rotatable bonds is 3. The van der Waals surface area contributed by atoms with Crippen LogP contribution in [-0.4, -0.2) is 56.6 Å². The van der Waals surface area contributed by atoms with Gasteiger partial charge in [-0.05, 0) is 31.2 Å². The molecule has 9 nitrogen and oxygen atoms in total. The standard InChI is InChI=1S/C22H19FN6O3/c1-3-18(31)27-7-9-28(10-8-27)21-14-11-13(2)29(20-15(23)5-4-6-16(20)30)22(32)19(14)25-17(12-24)26-21/h3-6,11,30H,1,7-10H2,2H3. The van der Waals surface area contributed by atoms with Crippen molar-refractivity contribution < 1.29 is 14.3 Å². The predicted octanol–water partition coefficient (Wildman–Crippen LogP) is 1.64. The lowest BCUT2D eigenvalue weighted by atomic mass is 10.1. The number of phenolic OH excluding ortho intramolecular Hbond substituents is 1. The molecule has 0 radical (unpaired) electrons. The Morgan fingerprint density at radius 2 is 2.00 bits per heavy atom. The molecular formula is C22H19FN6O3. The number of amides is 1. The highest BCUT2D eigenvalue weighted by Gasteiger charge is 2.25. The third-order valence-electron chi connectivity index (χ3n) is 5.39. The number of nitrogens with zero attached hydrogens (tertiary/aromatic N) is 6. The minimum atomic E-state index is -0.771. The Kier molecular flexibility index (Phi) is 5.32. The van der Waals surface area contributed by atoms with Crippen molar-refractivity contribution in [3.63, 3.8) is 0 Å². The van der Waals surface area contributed by atoms with Crippen molar-refractivity contribution in [2.75, 3.05) is 31.1 Å². The number of piperazine rings is 1. The molecule has 1 amide bonds. The number of phenols is 1. The molecule has 1 saturated heterocycles. The summed E-state index contributed by atoms with van der Waals surface area (Å²) in [5.74, 6) is -1.15. The van der Waals surface area contributed by atoms with Crippen LogP contribution in [0.25, 0.3) is 16.6 Å². The van der Waals surface area contributed by atoms with E-state index in [1.807, 2.05) is 11.0 Å². The van der Waals surface area contributed by atoms with Crippen molar-refractivity contribution in [2.24, 2.45) is 0 Å². The first-order valence-electron chi connectivity index (χ1n) is 9.84. The van der Waals surface area contributed by atoms with Gasteiger partial charge in [-0.25, -0.2) is 14.4 Å². The number of aromatic nitrogens is 3. The van der Waals surface area contributed by atoms with E-state index in [2.05, 4.69) is 16.5 Å². The lowest BCUT2D eigenvalue weighted by Crippen LogP contribution is -2.48. The summed E-state index contributed by atoms with van der Waals surface area (Å²) in [5.41, 5.74) is -0.671. The van der Waals surface area contributed by atoms with Crippen LogP contribution < -0.4 is 10.5 Å². The molecule has 0 atom stereocenters. The van der Waals surface area contributed by atoms with Gasteiger partial charge in [-0.15, -0.1) is 0 Å². The zero-order chi connectivity index (χ0) is 23.0. The monoisotopic (exact) mass is 434 g/mol. The van der Waals surface area contributed by atoms with Gasteiger partial charge in [0.2, 0.25) is 11.7 Å². The molecule has 0 spiro atoms. The first-order valence-corrected chi connectivity index (χ1v) is 9.84. The van der Waals surface area contributed by atoms with Gasteiger partial charge in [0.25, 0.3) is 5.56 Å². The maximum absolute atomic E-state index is 14.5. The number of anilines is 1. The van der Waals surface area contributed by atoms with Crippen LogP contribution >= 0.6 is 0 Å². The first kappa shape index (κ1) is 21.0. The number of para-hydroxylation sites is 1. The summed E-state index contributed by atoms with van der Waals surface area (Å²) >= 11 is 0. The molecule has 162 valence electrons. The molecule has 2 aromatic heterocycles. The Morgan fingerprint density at radius 3 is 2.62 bits per heavy atom. The van der Waals surface area contributed by atoms with Crippen molar-refractivity contribution in [3.8, 4) is 17.5 Å². The molecule has 3 aromatic rings. The number of carbonyl (C=O) groups excluding carboxylic acids is 1. The van der Waals surface area contributed by atoms with E-state index in [0.29, 0.717) is 43.1 Å². The van der Waals surface area contributed by atoms with E-state index in [9.17, 15) is 24.3 Å². The number of hydrogen-bond donors (Lipinski definition) is 1. The van der Waals surface area contributed by atoms with Crippen molar-refractivity contribution in [1.29, 1.82) is 5.26 Å². The summed E-state index contributed by atoms with van der Waals surface area (Å²) in [4.78, 5) is 37.1. The number of aromatic hydroxyl groups is 1. The van der Waals surface area contributed by atoms with Gasteiger partial charge in [0.1, 0.15) is 28.8 Å². The van der Waals surface area contributed by atoms with Crippen LogP contribution in [0.4, 0.5) is 10.2 Å². The molecule has 0 unspecified atom stereocenters. The molecule has 1 aliphatic heterocycles. The summed E-state index contributed by atoms with van der Waals surface area (Å²) in [7, 11) is 0. The average Bonchev–Trinajstić information content (AvgIpc) is 2.80. The number of carbonyl (C=O) groups is 1. The maximum atomic E-state index is 14.5. The summed E-state index contributed by atoms with van der Waals surface area (Å²) in [5, 5.41) is 20.0. The molecule has 10 heteroatoms. The van der Waals surface area contributed by atoms with Gasteiger partial charge >= 0.3 is 0 Å². The third kappa shape index (κ3) is 3.43. The Morgan fingerprint density at radius 1 is 1.28 bits per heavy atom. The second kappa shape index (κ2) is 8.11. The molecule has 0 bridgehead atoms. The molecule has 1 N–H and O–H groups in total. The Labute approximate surface area is 182 Å². The predicted molar refractivity (Wildman–Crippen MR) is 115 cm³/mol. The summed E-state index contributed by atoms with van der Waals surface area (Å²) in [6.45, 7) is 6.84. The lowest BCUT2D eigenvalue weighted by Gasteiger charge is -2.35. The topological polar surface area (TPSA) is 115 Å². The van der Waals surface area contributed by atoms with Gasteiger partial charge in [-0.1, -0.05) is 12.6 Å². The number of pyridine rings is 1. The zero-order valence-corrected chi connectivity index (χ0v) is 17.2. The lowest BCUT2D eigenvalue weighted by molar-refractivity contribution is -0.126. The van der Waals surface area contributed by atoms with E-state index >= 15 is 0 Å². The molecular weight excluding hydrogens is 415 g/mol. The molecule has 32 heavy (non-hydrogen) atoms. The highest BCUT2D eigenvalue weighted by atomic mass is 19.1. The minimum absolute atomic E-state index is 0.0654.